The Hall–Kier alpha value is -1.78. The fourth-order valence-corrected chi connectivity index (χ4v) is 3.05. The molecule has 1 aromatic rings. The molecule has 0 aliphatic carbocycles. The van der Waals surface area contributed by atoms with Crippen LogP contribution in [0, 0.1) is 5.82 Å². The summed E-state index contributed by atoms with van der Waals surface area (Å²) < 4.78 is 14.2. The van der Waals surface area contributed by atoms with Crippen molar-refractivity contribution in [3.05, 3.63) is 29.6 Å². The monoisotopic (exact) mass is 290 g/mol. The van der Waals surface area contributed by atoms with E-state index in [0.717, 1.165) is 49.8 Å². The van der Waals surface area contributed by atoms with Gasteiger partial charge in [0, 0.05) is 51.0 Å². The summed E-state index contributed by atoms with van der Waals surface area (Å²) in [4.78, 5) is 8.86. The second-order valence-electron chi connectivity index (χ2n) is 5.77. The second kappa shape index (κ2) is 6.33. The molecule has 0 saturated carbocycles. The molecule has 0 amide bonds. The summed E-state index contributed by atoms with van der Waals surface area (Å²) >= 11 is 0. The zero-order chi connectivity index (χ0) is 14.7. The van der Waals surface area contributed by atoms with Crippen LogP contribution in [-0.4, -0.2) is 44.1 Å². The summed E-state index contributed by atoms with van der Waals surface area (Å²) in [7, 11) is 2.02. The van der Waals surface area contributed by atoms with Crippen LogP contribution in [0.15, 0.2) is 23.2 Å². The predicted molar refractivity (Wildman–Crippen MR) is 84.2 cm³/mol. The zero-order valence-corrected chi connectivity index (χ0v) is 12.6. The van der Waals surface area contributed by atoms with Gasteiger partial charge in [0.15, 0.2) is 5.96 Å². The van der Waals surface area contributed by atoms with Crippen LogP contribution < -0.4 is 10.2 Å². The molecule has 5 heteroatoms. The molecule has 1 fully saturated rings. The molecule has 2 aliphatic heterocycles. The molecule has 1 N–H and O–H groups in total. The van der Waals surface area contributed by atoms with E-state index in [1.165, 1.54) is 12.8 Å². The Bertz CT molecular complexity index is 523. The first-order valence-corrected chi connectivity index (χ1v) is 7.77. The van der Waals surface area contributed by atoms with Gasteiger partial charge in [-0.3, -0.25) is 4.99 Å². The Labute approximate surface area is 125 Å². The average molecular weight is 290 g/mol. The second-order valence-corrected chi connectivity index (χ2v) is 5.77. The standard InChI is InChI=1S/C16H23FN4/c1-20-9-5-8-18-16(20)19-12-13-14(17)6-4-7-15(13)21-10-2-3-11-21/h4,6-7H,2-3,5,8-12H2,1H3,(H,18,19). The SMILES string of the molecule is CN1CCCN=C1NCc1c(F)cccc1N1CCCC1. The highest BCUT2D eigenvalue weighted by Gasteiger charge is 2.19. The van der Waals surface area contributed by atoms with Crippen LogP contribution >= 0.6 is 0 Å². The lowest BCUT2D eigenvalue weighted by Gasteiger charge is -2.27. The summed E-state index contributed by atoms with van der Waals surface area (Å²) in [5, 5.41) is 3.30. The number of nitrogens with zero attached hydrogens (tertiary/aromatic N) is 3. The van der Waals surface area contributed by atoms with E-state index < -0.39 is 0 Å². The van der Waals surface area contributed by atoms with Crippen LogP contribution in [0.3, 0.4) is 0 Å². The van der Waals surface area contributed by atoms with E-state index in [1.807, 2.05) is 13.1 Å². The smallest absolute Gasteiger partial charge is 0.193 e. The van der Waals surface area contributed by atoms with E-state index in [1.54, 1.807) is 12.1 Å². The highest BCUT2D eigenvalue weighted by molar-refractivity contribution is 5.80. The van der Waals surface area contributed by atoms with E-state index in [4.69, 9.17) is 0 Å². The molecular formula is C16H23FN4. The number of halogens is 1. The maximum atomic E-state index is 14.2. The Morgan fingerprint density at radius 1 is 1.19 bits per heavy atom. The van der Waals surface area contributed by atoms with E-state index in [2.05, 4.69) is 20.1 Å². The van der Waals surface area contributed by atoms with Gasteiger partial charge in [0.2, 0.25) is 0 Å². The van der Waals surface area contributed by atoms with Crippen molar-refractivity contribution in [1.82, 2.24) is 10.2 Å². The Morgan fingerprint density at radius 2 is 2.00 bits per heavy atom. The van der Waals surface area contributed by atoms with Crippen molar-refractivity contribution in [1.29, 1.82) is 0 Å². The van der Waals surface area contributed by atoms with Crippen LogP contribution in [0.25, 0.3) is 0 Å². The number of rotatable bonds is 3. The van der Waals surface area contributed by atoms with Gasteiger partial charge in [0.25, 0.3) is 0 Å². The van der Waals surface area contributed by atoms with Crippen molar-refractivity contribution in [3.8, 4) is 0 Å². The molecule has 2 aliphatic rings. The van der Waals surface area contributed by atoms with Crippen molar-refractivity contribution in [2.45, 2.75) is 25.8 Å². The van der Waals surface area contributed by atoms with Crippen LogP contribution in [-0.2, 0) is 6.54 Å². The minimum Gasteiger partial charge on any atom is -0.371 e. The molecule has 0 unspecified atom stereocenters. The van der Waals surface area contributed by atoms with Gasteiger partial charge >= 0.3 is 0 Å². The molecule has 1 saturated heterocycles. The molecule has 3 rings (SSSR count). The van der Waals surface area contributed by atoms with Crippen LogP contribution in [0.5, 0.6) is 0 Å². The lowest BCUT2D eigenvalue weighted by Crippen LogP contribution is -2.42. The Morgan fingerprint density at radius 3 is 2.76 bits per heavy atom. The van der Waals surface area contributed by atoms with Gasteiger partial charge in [-0.15, -0.1) is 0 Å². The number of nitrogens with one attached hydrogen (secondary N) is 1. The third-order valence-electron chi connectivity index (χ3n) is 4.24. The molecule has 4 nitrogen and oxygen atoms in total. The van der Waals surface area contributed by atoms with Gasteiger partial charge in [0.1, 0.15) is 5.82 Å². The number of guanidine groups is 1. The summed E-state index contributed by atoms with van der Waals surface area (Å²) in [6, 6.07) is 5.37. The largest absolute Gasteiger partial charge is 0.371 e. The Kier molecular flexibility index (Phi) is 4.27. The highest BCUT2D eigenvalue weighted by Crippen LogP contribution is 2.26. The molecule has 2 heterocycles. The summed E-state index contributed by atoms with van der Waals surface area (Å²) in [5.74, 6) is 0.739. The van der Waals surface area contributed by atoms with Crippen molar-refractivity contribution >= 4 is 11.6 Å². The topological polar surface area (TPSA) is 30.9 Å². The van der Waals surface area contributed by atoms with Crippen LogP contribution in [0.2, 0.25) is 0 Å². The summed E-state index contributed by atoms with van der Waals surface area (Å²) in [5.41, 5.74) is 1.78. The minimum absolute atomic E-state index is 0.133. The number of benzene rings is 1. The van der Waals surface area contributed by atoms with Gasteiger partial charge in [-0.05, 0) is 31.4 Å². The van der Waals surface area contributed by atoms with Gasteiger partial charge in [-0.25, -0.2) is 4.39 Å². The zero-order valence-electron chi connectivity index (χ0n) is 12.6. The lowest BCUT2D eigenvalue weighted by molar-refractivity contribution is 0.445. The van der Waals surface area contributed by atoms with Crippen molar-refractivity contribution in [2.24, 2.45) is 4.99 Å². The van der Waals surface area contributed by atoms with Gasteiger partial charge in [-0.2, -0.15) is 0 Å². The molecule has 0 atom stereocenters. The maximum absolute atomic E-state index is 14.2. The molecule has 114 valence electrons. The summed E-state index contributed by atoms with van der Waals surface area (Å²) in [6.07, 6.45) is 3.47. The maximum Gasteiger partial charge on any atom is 0.193 e. The fraction of sp³-hybridized carbons (Fsp3) is 0.562. The first-order valence-electron chi connectivity index (χ1n) is 7.77. The molecule has 1 aromatic carbocycles. The fourth-order valence-electron chi connectivity index (χ4n) is 3.05. The Balaban J connectivity index is 1.76. The van der Waals surface area contributed by atoms with E-state index in [0.29, 0.717) is 6.54 Å². The molecule has 0 radical (unpaired) electrons. The van der Waals surface area contributed by atoms with E-state index >= 15 is 0 Å². The normalized spacial score (nSPS) is 18.9. The summed E-state index contributed by atoms with van der Waals surface area (Å²) in [6.45, 7) is 4.39. The van der Waals surface area contributed by atoms with E-state index in [-0.39, 0.29) is 5.82 Å². The van der Waals surface area contributed by atoms with Gasteiger partial charge in [0.05, 0.1) is 0 Å². The molecule has 0 aromatic heterocycles. The minimum atomic E-state index is -0.133. The molecular weight excluding hydrogens is 267 g/mol. The van der Waals surface area contributed by atoms with E-state index in [9.17, 15) is 4.39 Å². The molecule has 0 spiro atoms. The van der Waals surface area contributed by atoms with Crippen molar-refractivity contribution in [3.63, 3.8) is 0 Å². The number of aliphatic imine (C=N–C) groups is 1. The third-order valence-corrected chi connectivity index (χ3v) is 4.24. The van der Waals surface area contributed by atoms with Crippen molar-refractivity contribution < 1.29 is 4.39 Å². The average Bonchev–Trinajstić information content (AvgIpc) is 3.01. The highest BCUT2D eigenvalue weighted by atomic mass is 19.1. The first kappa shape index (κ1) is 14.2. The lowest BCUT2D eigenvalue weighted by atomic mass is 10.1. The van der Waals surface area contributed by atoms with Crippen molar-refractivity contribution in [2.75, 3.05) is 38.1 Å². The quantitative estimate of drug-likeness (QED) is 0.926. The van der Waals surface area contributed by atoms with Gasteiger partial charge < -0.3 is 15.1 Å². The van der Waals surface area contributed by atoms with Crippen LogP contribution in [0.4, 0.5) is 10.1 Å². The number of anilines is 1. The molecule has 21 heavy (non-hydrogen) atoms. The first-order chi connectivity index (χ1) is 10.3. The third kappa shape index (κ3) is 3.12. The number of hydrogen-bond donors (Lipinski definition) is 1. The number of hydrogen-bond acceptors (Lipinski definition) is 4. The van der Waals surface area contributed by atoms with Gasteiger partial charge in [-0.1, -0.05) is 6.07 Å². The predicted octanol–water partition coefficient (Wildman–Crippen LogP) is 2.21. The molecule has 0 bridgehead atoms. The van der Waals surface area contributed by atoms with Crippen LogP contribution in [0.1, 0.15) is 24.8 Å².